The zero-order chi connectivity index (χ0) is 14.8. The van der Waals surface area contributed by atoms with Crippen molar-refractivity contribution in [1.29, 1.82) is 0 Å². The molecular weight excluding hydrogens is 272 g/mol. The molecule has 2 aromatic rings. The maximum Gasteiger partial charge on any atom is 0.193 e. The summed E-state index contributed by atoms with van der Waals surface area (Å²) < 4.78 is 0. The lowest BCUT2D eigenvalue weighted by Gasteiger charge is -2.18. The minimum atomic E-state index is -0.156. The van der Waals surface area contributed by atoms with Gasteiger partial charge in [0.1, 0.15) is 16.7 Å². The highest BCUT2D eigenvalue weighted by molar-refractivity contribution is 7.99. The zero-order valence-corrected chi connectivity index (χ0v) is 12.8. The predicted octanol–water partition coefficient (Wildman–Crippen LogP) is 2.31. The summed E-state index contributed by atoms with van der Waals surface area (Å²) in [4.78, 5) is 17.4. The first-order valence-corrected chi connectivity index (χ1v) is 7.03. The lowest BCUT2D eigenvalue weighted by atomic mass is 9.96. The standard InChI is InChI=1S/C13H18N6S/c1-8-6-15-12(16-7-8)20-10-5-9(19-14)17-11(18-10)13(2,3)4/h5-7H,14H2,1-4H3,(H,17,18,19). The fourth-order valence-corrected chi connectivity index (χ4v) is 2.11. The predicted molar refractivity (Wildman–Crippen MR) is 79.4 cm³/mol. The largest absolute Gasteiger partial charge is 0.308 e. The van der Waals surface area contributed by atoms with E-state index >= 15 is 0 Å². The van der Waals surface area contributed by atoms with Crippen molar-refractivity contribution in [3.8, 4) is 0 Å². The number of aromatic nitrogens is 4. The molecule has 3 N–H and O–H groups in total. The van der Waals surface area contributed by atoms with Gasteiger partial charge in [0.05, 0.1) is 0 Å². The van der Waals surface area contributed by atoms with Gasteiger partial charge in [0.15, 0.2) is 5.16 Å². The smallest absolute Gasteiger partial charge is 0.193 e. The SMILES string of the molecule is Cc1cnc(Sc2cc(NN)nc(C(C)(C)C)n2)nc1. The maximum atomic E-state index is 5.46. The third kappa shape index (κ3) is 3.64. The fraction of sp³-hybridized carbons (Fsp3) is 0.385. The van der Waals surface area contributed by atoms with Crippen LogP contribution < -0.4 is 11.3 Å². The van der Waals surface area contributed by atoms with Crippen molar-refractivity contribution >= 4 is 17.6 Å². The number of hydrogen-bond donors (Lipinski definition) is 2. The number of aryl methyl sites for hydroxylation is 1. The molecule has 0 saturated heterocycles. The van der Waals surface area contributed by atoms with Gasteiger partial charge in [0.25, 0.3) is 0 Å². The van der Waals surface area contributed by atoms with E-state index in [0.29, 0.717) is 11.0 Å². The number of rotatable bonds is 3. The molecule has 0 spiro atoms. The van der Waals surface area contributed by atoms with Gasteiger partial charge in [-0.2, -0.15) is 0 Å². The maximum absolute atomic E-state index is 5.46. The second kappa shape index (κ2) is 5.72. The Labute approximate surface area is 122 Å². The highest BCUT2D eigenvalue weighted by Crippen LogP contribution is 2.27. The monoisotopic (exact) mass is 290 g/mol. The molecule has 2 aromatic heterocycles. The second-order valence-corrected chi connectivity index (χ2v) is 6.44. The van der Waals surface area contributed by atoms with Gasteiger partial charge in [-0.25, -0.2) is 25.8 Å². The van der Waals surface area contributed by atoms with E-state index in [4.69, 9.17) is 5.84 Å². The van der Waals surface area contributed by atoms with Crippen molar-refractivity contribution in [2.45, 2.75) is 43.3 Å². The summed E-state index contributed by atoms with van der Waals surface area (Å²) >= 11 is 1.39. The second-order valence-electron chi connectivity index (χ2n) is 5.45. The third-order valence-corrected chi connectivity index (χ3v) is 3.29. The van der Waals surface area contributed by atoms with Crippen molar-refractivity contribution in [2.75, 3.05) is 5.43 Å². The van der Waals surface area contributed by atoms with Crippen molar-refractivity contribution < 1.29 is 0 Å². The number of nitrogens with one attached hydrogen (secondary N) is 1. The number of hydrogen-bond acceptors (Lipinski definition) is 7. The lowest BCUT2D eigenvalue weighted by Crippen LogP contribution is -2.19. The number of anilines is 1. The van der Waals surface area contributed by atoms with Gasteiger partial charge in [-0.3, -0.25) is 0 Å². The zero-order valence-electron chi connectivity index (χ0n) is 12.0. The molecule has 2 heterocycles. The van der Waals surface area contributed by atoms with Crippen LogP contribution in [0.2, 0.25) is 0 Å². The van der Waals surface area contributed by atoms with E-state index in [1.807, 2.05) is 6.92 Å². The first-order chi connectivity index (χ1) is 9.38. The van der Waals surface area contributed by atoms with Crippen LogP contribution in [0, 0.1) is 6.92 Å². The number of nitrogens with zero attached hydrogens (tertiary/aromatic N) is 4. The molecule has 0 saturated carbocycles. The molecule has 0 aromatic carbocycles. The molecule has 0 radical (unpaired) electrons. The average molecular weight is 290 g/mol. The normalized spacial score (nSPS) is 11.4. The molecule has 0 bridgehead atoms. The molecule has 106 valence electrons. The Bertz CT molecular complexity index is 591. The van der Waals surface area contributed by atoms with Crippen LogP contribution in [0.3, 0.4) is 0 Å². The Morgan fingerprint density at radius 2 is 1.80 bits per heavy atom. The minimum absolute atomic E-state index is 0.156. The van der Waals surface area contributed by atoms with E-state index < -0.39 is 0 Å². The Balaban J connectivity index is 2.33. The molecule has 20 heavy (non-hydrogen) atoms. The van der Waals surface area contributed by atoms with Crippen molar-refractivity contribution in [2.24, 2.45) is 5.84 Å². The summed E-state index contributed by atoms with van der Waals surface area (Å²) in [7, 11) is 0. The van der Waals surface area contributed by atoms with Crippen molar-refractivity contribution in [1.82, 2.24) is 19.9 Å². The highest BCUT2D eigenvalue weighted by atomic mass is 32.2. The molecule has 0 unspecified atom stereocenters. The Hall–Kier alpha value is -1.73. The van der Waals surface area contributed by atoms with Crippen LogP contribution in [0.15, 0.2) is 28.6 Å². The van der Waals surface area contributed by atoms with Crippen LogP contribution in [0.1, 0.15) is 32.2 Å². The Morgan fingerprint density at radius 1 is 1.15 bits per heavy atom. The molecule has 0 atom stereocenters. The van der Waals surface area contributed by atoms with Crippen molar-refractivity contribution in [3.63, 3.8) is 0 Å². The molecule has 0 aliphatic rings. The van der Waals surface area contributed by atoms with Gasteiger partial charge in [-0.1, -0.05) is 20.8 Å². The highest BCUT2D eigenvalue weighted by Gasteiger charge is 2.19. The van der Waals surface area contributed by atoms with Gasteiger partial charge in [-0.15, -0.1) is 0 Å². The van der Waals surface area contributed by atoms with E-state index in [-0.39, 0.29) is 5.41 Å². The van der Waals surface area contributed by atoms with E-state index in [1.165, 1.54) is 11.8 Å². The molecule has 6 nitrogen and oxygen atoms in total. The van der Waals surface area contributed by atoms with Gasteiger partial charge >= 0.3 is 0 Å². The lowest BCUT2D eigenvalue weighted by molar-refractivity contribution is 0.539. The number of nitrogens with two attached hydrogens (primary N) is 1. The quantitative estimate of drug-likeness (QED) is 0.388. The summed E-state index contributed by atoms with van der Waals surface area (Å²) in [6.45, 7) is 8.12. The summed E-state index contributed by atoms with van der Waals surface area (Å²) in [6, 6.07) is 1.78. The number of hydrazine groups is 1. The van der Waals surface area contributed by atoms with Gasteiger partial charge < -0.3 is 5.43 Å². The summed E-state index contributed by atoms with van der Waals surface area (Å²) in [5, 5.41) is 1.42. The van der Waals surface area contributed by atoms with Crippen LogP contribution in [-0.2, 0) is 5.41 Å². The molecule has 0 aliphatic heterocycles. The molecule has 0 amide bonds. The van der Waals surface area contributed by atoms with E-state index in [0.717, 1.165) is 16.4 Å². The topological polar surface area (TPSA) is 89.6 Å². The third-order valence-electron chi connectivity index (χ3n) is 2.47. The van der Waals surface area contributed by atoms with Crippen molar-refractivity contribution in [3.05, 3.63) is 29.8 Å². The molecule has 0 fully saturated rings. The Kier molecular flexibility index (Phi) is 4.20. The van der Waals surface area contributed by atoms with E-state index in [1.54, 1.807) is 18.5 Å². The molecule has 2 rings (SSSR count). The summed E-state index contributed by atoms with van der Waals surface area (Å²) in [5.41, 5.74) is 3.44. The van der Waals surface area contributed by atoms with Crippen LogP contribution in [-0.4, -0.2) is 19.9 Å². The first kappa shape index (κ1) is 14.7. The van der Waals surface area contributed by atoms with Gasteiger partial charge in [0.2, 0.25) is 0 Å². The summed E-state index contributed by atoms with van der Waals surface area (Å²) in [5.74, 6) is 6.77. The minimum Gasteiger partial charge on any atom is -0.308 e. The van der Waals surface area contributed by atoms with Crippen LogP contribution in [0.5, 0.6) is 0 Å². The van der Waals surface area contributed by atoms with E-state index in [9.17, 15) is 0 Å². The van der Waals surface area contributed by atoms with Gasteiger partial charge in [-0.05, 0) is 24.2 Å². The van der Waals surface area contributed by atoms with E-state index in [2.05, 4.69) is 46.1 Å². The van der Waals surface area contributed by atoms with Crippen LogP contribution >= 0.6 is 11.8 Å². The van der Waals surface area contributed by atoms with Crippen LogP contribution in [0.25, 0.3) is 0 Å². The number of nitrogen functional groups attached to an aromatic ring is 1. The average Bonchev–Trinajstić information content (AvgIpc) is 2.40. The van der Waals surface area contributed by atoms with Gasteiger partial charge in [0, 0.05) is 23.9 Å². The fourth-order valence-electron chi connectivity index (χ4n) is 1.41. The first-order valence-electron chi connectivity index (χ1n) is 6.21. The Morgan fingerprint density at radius 3 is 2.35 bits per heavy atom. The van der Waals surface area contributed by atoms with Crippen LogP contribution in [0.4, 0.5) is 5.82 Å². The summed E-state index contributed by atoms with van der Waals surface area (Å²) in [6.07, 6.45) is 3.56. The molecule has 0 aliphatic carbocycles. The molecular formula is C13H18N6S. The molecule has 7 heteroatoms.